The van der Waals surface area contributed by atoms with E-state index in [0.29, 0.717) is 11.3 Å². The molecule has 0 aromatic heterocycles. The Bertz CT molecular complexity index is 626. The highest BCUT2D eigenvalue weighted by Crippen LogP contribution is 2.25. The Labute approximate surface area is 122 Å². The van der Waals surface area contributed by atoms with Crippen molar-refractivity contribution in [2.24, 2.45) is 5.73 Å². The normalized spacial score (nSPS) is 10.3. The van der Waals surface area contributed by atoms with Crippen LogP contribution < -0.4 is 11.1 Å². The van der Waals surface area contributed by atoms with E-state index in [0.717, 1.165) is 10.5 Å². The van der Waals surface area contributed by atoms with Gasteiger partial charge in [0.15, 0.2) is 0 Å². The second-order valence-electron chi connectivity index (χ2n) is 3.84. The Hall–Kier alpha value is -1.53. The molecule has 0 aliphatic heterocycles. The molecule has 0 aliphatic carbocycles. The predicted octanol–water partition coefficient (Wildman–Crippen LogP) is 4.11. The first kappa shape index (κ1) is 13.9. The molecule has 0 heterocycles. The summed E-state index contributed by atoms with van der Waals surface area (Å²) in [7, 11) is 0. The topological polar surface area (TPSA) is 38.0 Å². The molecule has 0 fully saturated rings. The first-order valence-corrected chi connectivity index (χ1v) is 6.48. The van der Waals surface area contributed by atoms with Gasteiger partial charge in [-0.1, -0.05) is 28.1 Å². The Balaban J connectivity index is 2.40. The molecule has 0 unspecified atom stereocenters. The van der Waals surface area contributed by atoms with E-state index in [-0.39, 0.29) is 10.7 Å². The van der Waals surface area contributed by atoms with Crippen molar-refractivity contribution < 1.29 is 8.78 Å². The van der Waals surface area contributed by atoms with Crippen LogP contribution in [0.25, 0.3) is 0 Å². The minimum absolute atomic E-state index is 0.195. The molecule has 0 aliphatic rings. The molecule has 0 saturated carbocycles. The van der Waals surface area contributed by atoms with Crippen LogP contribution in [0.15, 0.2) is 40.9 Å². The van der Waals surface area contributed by atoms with Crippen LogP contribution in [0, 0.1) is 11.6 Å². The third kappa shape index (κ3) is 3.48. The molecule has 2 aromatic carbocycles. The van der Waals surface area contributed by atoms with E-state index in [4.69, 9.17) is 18.0 Å². The molecule has 0 bridgehead atoms. The van der Waals surface area contributed by atoms with Crippen LogP contribution in [-0.4, -0.2) is 4.99 Å². The van der Waals surface area contributed by atoms with Gasteiger partial charge < -0.3 is 11.1 Å². The summed E-state index contributed by atoms with van der Waals surface area (Å²) >= 11 is 8.26. The number of nitrogens with one attached hydrogen (secondary N) is 1. The van der Waals surface area contributed by atoms with Crippen LogP contribution >= 0.6 is 28.1 Å². The summed E-state index contributed by atoms with van der Waals surface area (Å²) in [5.41, 5.74) is 7.08. The maximum Gasteiger partial charge on any atom is 0.128 e. The highest BCUT2D eigenvalue weighted by atomic mass is 79.9. The highest BCUT2D eigenvalue weighted by molar-refractivity contribution is 9.10. The fourth-order valence-electron chi connectivity index (χ4n) is 1.61. The zero-order chi connectivity index (χ0) is 14.0. The van der Waals surface area contributed by atoms with Crippen LogP contribution in [0.5, 0.6) is 0 Å². The maximum absolute atomic E-state index is 13.1. The zero-order valence-electron chi connectivity index (χ0n) is 9.58. The fraction of sp³-hybridized carbons (Fsp3) is 0. The molecule has 2 rings (SSSR count). The standard InChI is InChI=1S/C13H9BrF2N2S/c14-7-1-2-12(11(3-7)13(17)19)18-10-5-8(15)4-9(16)6-10/h1-6,18H,(H2,17,19). The molecule has 0 amide bonds. The van der Waals surface area contributed by atoms with Crippen molar-refractivity contribution in [3.63, 3.8) is 0 Å². The van der Waals surface area contributed by atoms with Crippen molar-refractivity contribution in [2.75, 3.05) is 5.32 Å². The smallest absolute Gasteiger partial charge is 0.128 e. The third-order valence-electron chi connectivity index (χ3n) is 2.39. The van der Waals surface area contributed by atoms with E-state index in [9.17, 15) is 8.78 Å². The molecule has 2 aromatic rings. The van der Waals surface area contributed by atoms with Gasteiger partial charge in [0.05, 0.1) is 0 Å². The van der Waals surface area contributed by atoms with Gasteiger partial charge in [0.25, 0.3) is 0 Å². The number of rotatable bonds is 3. The van der Waals surface area contributed by atoms with Gasteiger partial charge in [-0.25, -0.2) is 8.78 Å². The molecule has 6 heteroatoms. The van der Waals surface area contributed by atoms with Gasteiger partial charge in [-0.15, -0.1) is 0 Å². The largest absolute Gasteiger partial charge is 0.389 e. The summed E-state index contributed by atoms with van der Waals surface area (Å²) < 4.78 is 27.0. The van der Waals surface area contributed by atoms with E-state index < -0.39 is 11.6 Å². The summed E-state index contributed by atoms with van der Waals surface area (Å²) in [4.78, 5) is 0.195. The van der Waals surface area contributed by atoms with Crippen molar-refractivity contribution >= 4 is 44.5 Å². The molecular weight excluding hydrogens is 334 g/mol. The lowest BCUT2D eigenvalue weighted by atomic mass is 10.1. The first-order valence-electron chi connectivity index (χ1n) is 5.28. The Kier molecular flexibility index (Phi) is 4.11. The van der Waals surface area contributed by atoms with Crippen LogP contribution in [0.4, 0.5) is 20.2 Å². The van der Waals surface area contributed by atoms with E-state index in [1.807, 2.05) is 0 Å². The third-order valence-corrected chi connectivity index (χ3v) is 3.10. The Morgan fingerprint density at radius 2 is 1.74 bits per heavy atom. The van der Waals surface area contributed by atoms with Crippen molar-refractivity contribution in [1.29, 1.82) is 0 Å². The second-order valence-corrected chi connectivity index (χ2v) is 5.19. The maximum atomic E-state index is 13.1. The van der Waals surface area contributed by atoms with Gasteiger partial charge in [-0.2, -0.15) is 0 Å². The molecule has 0 saturated heterocycles. The van der Waals surface area contributed by atoms with Gasteiger partial charge in [-0.3, -0.25) is 0 Å². The molecule has 0 spiro atoms. The number of hydrogen-bond acceptors (Lipinski definition) is 2. The quantitative estimate of drug-likeness (QED) is 0.824. The molecule has 98 valence electrons. The monoisotopic (exact) mass is 342 g/mol. The number of benzene rings is 2. The van der Waals surface area contributed by atoms with E-state index >= 15 is 0 Å². The first-order chi connectivity index (χ1) is 8.95. The number of halogens is 3. The van der Waals surface area contributed by atoms with Gasteiger partial charge in [-0.05, 0) is 30.3 Å². The highest BCUT2D eigenvalue weighted by Gasteiger charge is 2.08. The van der Waals surface area contributed by atoms with Gasteiger partial charge in [0.1, 0.15) is 16.6 Å². The summed E-state index contributed by atoms with van der Waals surface area (Å²) in [6, 6.07) is 8.42. The minimum Gasteiger partial charge on any atom is -0.389 e. The predicted molar refractivity (Wildman–Crippen MR) is 79.7 cm³/mol. The summed E-state index contributed by atoms with van der Waals surface area (Å²) in [6.45, 7) is 0. The average molecular weight is 343 g/mol. The zero-order valence-corrected chi connectivity index (χ0v) is 12.0. The molecular formula is C13H9BrF2N2S. The van der Waals surface area contributed by atoms with Gasteiger partial charge in [0, 0.05) is 27.5 Å². The summed E-state index contributed by atoms with van der Waals surface area (Å²) in [6.07, 6.45) is 0. The lowest BCUT2D eigenvalue weighted by molar-refractivity contribution is 0.584. The molecule has 0 atom stereocenters. The number of hydrogen-bond donors (Lipinski definition) is 2. The molecule has 0 radical (unpaired) electrons. The van der Waals surface area contributed by atoms with Crippen molar-refractivity contribution in [2.45, 2.75) is 0 Å². The number of nitrogens with two attached hydrogens (primary N) is 1. The van der Waals surface area contributed by atoms with E-state index in [1.165, 1.54) is 12.1 Å². The SMILES string of the molecule is NC(=S)c1cc(Br)ccc1Nc1cc(F)cc(F)c1. The van der Waals surface area contributed by atoms with Crippen molar-refractivity contribution in [1.82, 2.24) is 0 Å². The second kappa shape index (κ2) is 5.63. The molecule has 2 nitrogen and oxygen atoms in total. The Morgan fingerprint density at radius 3 is 2.32 bits per heavy atom. The van der Waals surface area contributed by atoms with Crippen LogP contribution in [0.1, 0.15) is 5.56 Å². The number of anilines is 2. The van der Waals surface area contributed by atoms with Crippen LogP contribution in [0.3, 0.4) is 0 Å². The van der Waals surface area contributed by atoms with E-state index in [1.54, 1.807) is 18.2 Å². The van der Waals surface area contributed by atoms with Crippen molar-refractivity contribution in [3.8, 4) is 0 Å². The Morgan fingerprint density at radius 1 is 1.11 bits per heavy atom. The van der Waals surface area contributed by atoms with Gasteiger partial charge >= 0.3 is 0 Å². The molecule has 19 heavy (non-hydrogen) atoms. The fourth-order valence-corrected chi connectivity index (χ4v) is 2.14. The van der Waals surface area contributed by atoms with Crippen LogP contribution in [-0.2, 0) is 0 Å². The lowest BCUT2D eigenvalue weighted by Crippen LogP contribution is -2.12. The summed E-state index contributed by atoms with van der Waals surface area (Å²) in [5.74, 6) is -1.31. The van der Waals surface area contributed by atoms with Crippen LogP contribution in [0.2, 0.25) is 0 Å². The number of thiocarbonyl (C=S) groups is 1. The van der Waals surface area contributed by atoms with Crippen molar-refractivity contribution in [3.05, 3.63) is 58.1 Å². The summed E-state index contributed by atoms with van der Waals surface area (Å²) in [5, 5.41) is 2.89. The van der Waals surface area contributed by atoms with Gasteiger partial charge in [0.2, 0.25) is 0 Å². The lowest BCUT2D eigenvalue weighted by Gasteiger charge is -2.12. The minimum atomic E-state index is -0.656. The molecule has 3 N–H and O–H groups in total. The average Bonchev–Trinajstić information content (AvgIpc) is 2.30. The van der Waals surface area contributed by atoms with E-state index in [2.05, 4.69) is 21.2 Å².